The van der Waals surface area contributed by atoms with Crippen LogP contribution in [-0.4, -0.2) is 50.0 Å². The van der Waals surface area contributed by atoms with Crippen molar-refractivity contribution in [3.8, 4) is 22.4 Å². The molecule has 1 aromatic heterocycles. The highest BCUT2D eigenvalue weighted by molar-refractivity contribution is 7.90. The van der Waals surface area contributed by atoms with Crippen LogP contribution in [0, 0.1) is 12.7 Å². The lowest BCUT2D eigenvalue weighted by atomic mass is 9.97. The molecule has 0 amide bonds. The highest BCUT2D eigenvalue weighted by atomic mass is 32.2. The fourth-order valence-corrected chi connectivity index (χ4v) is 3.92. The number of hydrogen-bond acceptors (Lipinski definition) is 4. The molecule has 0 unspecified atom stereocenters. The highest BCUT2D eigenvalue weighted by Crippen LogP contribution is 2.43. The number of hydrogen-bond donors (Lipinski definition) is 0. The third-order valence-corrected chi connectivity index (χ3v) is 6.12. The third kappa shape index (κ3) is 5.02. The molecule has 0 N–H and O–H groups in total. The number of benzene rings is 2. The molecule has 32 heavy (non-hydrogen) atoms. The second-order valence-electron chi connectivity index (χ2n) is 7.86. The van der Waals surface area contributed by atoms with Gasteiger partial charge >= 0.3 is 6.18 Å². The van der Waals surface area contributed by atoms with Crippen LogP contribution in [0.15, 0.2) is 47.4 Å². The minimum atomic E-state index is -4.75. The predicted octanol–water partition coefficient (Wildman–Crippen LogP) is 4.65. The number of aryl methyl sites for hydroxylation is 1. The Labute approximate surface area is 184 Å². The van der Waals surface area contributed by atoms with Crippen LogP contribution in [0.4, 0.5) is 17.6 Å². The van der Waals surface area contributed by atoms with Gasteiger partial charge in [0, 0.05) is 23.9 Å². The van der Waals surface area contributed by atoms with Gasteiger partial charge in [0.15, 0.2) is 15.5 Å². The van der Waals surface area contributed by atoms with Crippen LogP contribution in [0.5, 0.6) is 0 Å². The first-order valence-electron chi connectivity index (χ1n) is 9.69. The number of likely N-dealkylation sites (N-methyl/N-ethyl adjacent to an activating group) is 1. The van der Waals surface area contributed by atoms with Crippen molar-refractivity contribution in [2.45, 2.75) is 24.5 Å². The molecule has 0 aliphatic carbocycles. The average Bonchev–Trinajstić information content (AvgIpc) is 3.08. The van der Waals surface area contributed by atoms with Gasteiger partial charge in [-0.25, -0.2) is 12.8 Å². The standard InChI is InChI=1S/C22H23F4N3O2S/c1-14-5-6-16(13-18(14)23)19-20(15-7-9-17(10-8-15)32(4,30)31)27-29(12-11-28(2)3)21(19)22(24,25)26/h5-10,13H,11-12H2,1-4H3. The Morgan fingerprint density at radius 3 is 2.12 bits per heavy atom. The zero-order valence-electron chi connectivity index (χ0n) is 18.0. The summed E-state index contributed by atoms with van der Waals surface area (Å²) in [4.78, 5) is 1.76. The van der Waals surface area contributed by atoms with Gasteiger partial charge in [-0.15, -0.1) is 0 Å². The van der Waals surface area contributed by atoms with Crippen LogP contribution < -0.4 is 0 Å². The van der Waals surface area contributed by atoms with Crippen molar-refractivity contribution < 1.29 is 26.0 Å². The van der Waals surface area contributed by atoms with Crippen LogP contribution >= 0.6 is 0 Å². The monoisotopic (exact) mass is 469 g/mol. The third-order valence-electron chi connectivity index (χ3n) is 5.00. The Morgan fingerprint density at radius 1 is 1.03 bits per heavy atom. The molecule has 3 aromatic rings. The molecule has 0 bridgehead atoms. The topological polar surface area (TPSA) is 55.2 Å². The highest BCUT2D eigenvalue weighted by Gasteiger charge is 2.40. The van der Waals surface area contributed by atoms with Crippen molar-refractivity contribution in [2.75, 3.05) is 26.9 Å². The fourth-order valence-electron chi connectivity index (χ4n) is 3.29. The molecule has 0 saturated carbocycles. The predicted molar refractivity (Wildman–Crippen MR) is 114 cm³/mol. The lowest BCUT2D eigenvalue weighted by molar-refractivity contribution is -0.143. The summed E-state index contributed by atoms with van der Waals surface area (Å²) in [5.41, 5.74) is -0.589. The molecule has 0 spiro atoms. The number of rotatable bonds is 6. The van der Waals surface area contributed by atoms with Gasteiger partial charge in [-0.1, -0.05) is 24.3 Å². The first-order valence-corrected chi connectivity index (χ1v) is 11.6. The van der Waals surface area contributed by atoms with Crippen molar-refractivity contribution in [2.24, 2.45) is 0 Å². The van der Waals surface area contributed by atoms with Crippen molar-refractivity contribution in [3.05, 3.63) is 59.5 Å². The maximum atomic E-state index is 14.3. The number of aromatic nitrogens is 2. The van der Waals surface area contributed by atoms with Crippen molar-refractivity contribution in [1.82, 2.24) is 14.7 Å². The van der Waals surface area contributed by atoms with Crippen LogP contribution in [0.3, 0.4) is 0 Å². The Bertz CT molecular complexity index is 1230. The largest absolute Gasteiger partial charge is 0.433 e. The lowest BCUT2D eigenvalue weighted by Gasteiger charge is -2.15. The molecule has 1 heterocycles. The van der Waals surface area contributed by atoms with E-state index in [0.29, 0.717) is 17.7 Å². The molecule has 0 aliphatic rings. The molecule has 5 nitrogen and oxygen atoms in total. The first kappa shape index (κ1) is 23.9. The van der Waals surface area contributed by atoms with Gasteiger partial charge in [0.2, 0.25) is 0 Å². The van der Waals surface area contributed by atoms with Crippen LogP contribution in [0.2, 0.25) is 0 Å². The Kier molecular flexibility index (Phi) is 6.48. The quantitative estimate of drug-likeness (QED) is 0.494. The van der Waals surface area contributed by atoms with E-state index in [1.807, 2.05) is 0 Å². The Hall–Kier alpha value is -2.72. The van der Waals surface area contributed by atoms with E-state index in [0.717, 1.165) is 17.0 Å². The van der Waals surface area contributed by atoms with Crippen molar-refractivity contribution >= 4 is 9.84 Å². The summed E-state index contributed by atoms with van der Waals surface area (Å²) >= 11 is 0. The number of sulfone groups is 1. The second-order valence-corrected chi connectivity index (χ2v) is 9.87. The summed E-state index contributed by atoms with van der Waals surface area (Å²) in [5.74, 6) is -0.630. The van der Waals surface area contributed by atoms with Gasteiger partial charge in [0.25, 0.3) is 0 Å². The Morgan fingerprint density at radius 2 is 1.62 bits per heavy atom. The van der Waals surface area contributed by atoms with Gasteiger partial charge in [-0.05, 0) is 50.3 Å². The first-order chi connectivity index (χ1) is 14.8. The van der Waals surface area contributed by atoms with Gasteiger partial charge in [-0.2, -0.15) is 18.3 Å². The van der Waals surface area contributed by atoms with Crippen molar-refractivity contribution in [3.63, 3.8) is 0 Å². The summed E-state index contributed by atoms with van der Waals surface area (Å²) in [6, 6.07) is 9.35. The molecular formula is C22H23F4N3O2S. The van der Waals surface area contributed by atoms with Crippen LogP contribution in [-0.2, 0) is 22.6 Å². The molecule has 0 aliphatic heterocycles. The van der Waals surface area contributed by atoms with E-state index in [1.54, 1.807) is 19.0 Å². The molecule has 2 aromatic carbocycles. The van der Waals surface area contributed by atoms with Crippen molar-refractivity contribution in [1.29, 1.82) is 0 Å². The van der Waals surface area contributed by atoms with E-state index in [2.05, 4.69) is 5.10 Å². The molecule has 172 valence electrons. The van der Waals surface area contributed by atoms with Crippen LogP contribution in [0.25, 0.3) is 22.4 Å². The molecule has 0 fully saturated rings. The minimum absolute atomic E-state index is 0.000569. The normalized spacial score (nSPS) is 12.5. The van der Waals surface area contributed by atoms with Gasteiger partial charge in [-0.3, -0.25) is 4.68 Å². The van der Waals surface area contributed by atoms with E-state index in [1.165, 1.54) is 43.3 Å². The maximum Gasteiger partial charge on any atom is 0.433 e. The fraction of sp³-hybridized carbons (Fsp3) is 0.318. The molecule has 0 radical (unpaired) electrons. The molecule has 10 heteroatoms. The zero-order chi connectivity index (χ0) is 23.8. The molecule has 0 saturated heterocycles. The van der Waals surface area contributed by atoms with Gasteiger partial charge < -0.3 is 4.90 Å². The van der Waals surface area contributed by atoms with E-state index in [9.17, 15) is 26.0 Å². The molecular weight excluding hydrogens is 446 g/mol. The summed E-state index contributed by atoms with van der Waals surface area (Å²) in [5, 5.41) is 4.24. The average molecular weight is 470 g/mol. The van der Waals surface area contributed by atoms with E-state index in [-0.39, 0.29) is 28.3 Å². The minimum Gasteiger partial charge on any atom is -0.308 e. The summed E-state index contributed by atoms with van der Waals surface area (Å²) in [6.07, 6.45) is -3.71. The van der Waals surface area contributed by atoms with Crippen LogP contribution in [0.1, 0.15) is 11.3 Å². The number of nitrogens with zero attached hydrogens (tertiary/aromatic N) is 3. The van der Waals surface area contributed by atoms with Gasteiger partial charge in [0.1, 0.15) is 11.5 Å². The number of halogens is 4. The lowest BCUT2D eigenvalue weighted by Crippen LogP contribution is -2.23. The van der Waals surface area contributed by atoms with E-state index < -0.39 is 27.5 Å². The molecule has 0 atom stereocenters. The summed E-state index contributed by atoms with van der Waals surface area (Å²) in [6.45, 7) is 1.79. The summed E-state index contributed by atoms with van der Waals surface area (Å²) in [7, 11) is -0.0116. The number of alkyl halides is 3. The van der Waals surface area contributed by atoms with E-state index >= 15 is 0 Å². The maximum absolute atomic E-state index is 14.3. The second kappa shape index (κ2) is 8.67. The van der Waals surface area contributed by atoms with E-state index in [4.69, 9.17) is 0 Å². The zero-order valence-corrected chi connectivity index (χ0v) is 18.9. The van der Waals surface area contributed by atoms with Gasteiger partial charge in [0.05, 0.1) is 11.4 Å². The Balaban J connectivity index is 2.30. The SMILES string of the molecule is Cc1ccc(-c2c(-c3ccc(S(C)(=O)=O)cc3)nn(CCN(C)C)c2C(F)(F)F)cc1F. The summed E-state index contributed by atoms with van der Waals surface area (Å²) < 4.78 is 81.3. The smallest absolute Gasteiger partial charge is 0.308 e. The molecule has 3 rings (SSSR count).